The van der Waals surface area contributed by atoms with Crippen LogP contribution in [-0.4, -0.2) is 30.1 Å². The van der Waals surface area contributed by atoms with Crippen molar-refractivity contribution in [3.05, 3.63) is 110 Å². The molecule has 0 saturated heterocycles. The highest BCUT2D eigenvalue weighted by atomic mass is 32.1. The van der Waals surface area contributed by atoms with E-state index in [1.165, 1.54) is 4.88 Å². The van der Waals surface area contributed by atoms with Crippen molar-refractivity contribution in [2.24, 2.45) is 0 Å². The lowest BCUT2D eigenvalue weighted by atomic mass is 10.00. The molecule has 1 atom stereocenters. The second-order valence-electron chi connectivity index (χ2n) is 10.1. The summed E-state index contributed by atoms with van der Waals surface area (Å²) in [6.07, 6.45) is 0. The SMILES string of the molecule is Cc1ccc2[nH]c(=O)c(C(c3nnnn3C(C)(C)C)N(Cc3ccccc3)Cc3cccs3)cc2c1. The zero-order chi connectivity index (χ0) is 25.3. The molecule has 8 heteroatoms. The highest BCUT2D eigenvalue weighted by Crippen LogP contribution is 2.32. The predicted octanol–water partition coefficient (Wildman–Crippen LogP) is 5.43. The van der Waals surface area contributed by atoms with Crippen LogP contribution in [-0.2, 0) is 18.6 Å². The van der Waals surface area contributed by atoms with Gasteiger partial charge in [-0.15, -0.1) is 16.4 Å². The third-order valence-electron chi connectivity index (χ3n) is 6.23. The molecule has 36 heavy (non-hydrogen) atoms. The summed E-state index contributed by atoms with van der Waals surface area (Å²) >= 11 is 1.70. The molecule has 3 heterocycles. The van der Waals surface area contributed by atoms with Crippen LogP contribution in [0.2, 0.25) is 0 Å². The van der Waals surface area contributed by atoms with Gasteiger partial charge in [0.25, 0.3) is 5.56 Å². The van der Waals surface area contributed by atoms with Crippen molar-refractivity contribution in [1.82, 2.24) is 30.1 Å². The minimum absolute atomic E-state index is 0.135. The van der Waals surface area contributed by atoms with Gasteiger partial charge in [-0.05, 0) is 78.7 Å². The van der Waals surface area contributed by atoms with Crippen LogP contribution in [0.25, 0.3) is 10.9 Å². The van der Waals surface area contributed by atoms with Crippen LogP contribution in [0.5, 0.6) is 0 Å². The molecule has 0 aliphatic heterocycles. The number of H-pyrrole nitrogens is 1. The van der Waals surface area contributed by atoms with E-state index in [4.69, 9.17) is 0 Å². The predicted molar refractivity (Wildman–Crippen MR) is 144 cm³/mol. The van der Waals surface area contributed by atoms with Gasteiger partial charge in [-0.25, -0.2) is 4.68 Å². The average Bonchev–Trinajstić information content (AvgIpc) is 3.53. The third kappa shape index (κ3) is 5.01. The molecule has 2 aromatic carbocycles. The normalized spacial score (nSPS) is 12.9. The van der Waals surface area contributed by atoms with Gasteiger partial charge in [0.1, 0.15) is 6.04 Å². The second-order valence-corrected chi connectivity index (χ2v) is 11.2. The van der Waals surface area contributed by atoms with E-state index in [0.29, 0.717) is 24.5 Å². The first kappa shape index (κ1) is 24.1. The van der Waals surface area contributed by atoms with Crippen molar-refractivity contribution in [3.8, 4) is 0 Å². The molecule has 0 radical (unpaired) electrons. The van der Waals surface area contributed by atoms with Gasteiger partial charge in [0.2, 0.25) is 0 Å². The maximum atomic E-state index is 13.6. The van der Waals surface area contributed by atoms with Crippen LogP contribution in [0.3, 0.4) is 0 Å². The summed E-state index contributed by atoms with van der Waals surface area (Å²) < 4.78 is 1.84. The van der Waals surface area contributed by atoms with Crippen molar-refractivity contribution in [2.75, 3.05) is 0 Å². The summed E-state index contributed by atoms with van der Waals surface area (Å²) in [7, 11) is 0. The van der Waals surface area contributed by atoms with E-state index in [1.54, 1.807) is 11.3 Å². The Morgan fingerprint density at radius 2 is 1.83 bits per heavy atom. The van der Waals surface area contributed by atoms with E-state index in [0.717, 1.165) is 22.0 Å². The van der Waals surface area contributed by atoms with Gasteiger partial charge in [0.15, 0.2) is 5.82 Å². The topological polar surface area (TPSA) is 79.7 Å². The lowest BCUT2D eigenvalue weighted by Crippen LogP contribution is -2.37. The number of tetrazole rings is 1. The molecule has 0 saturated carbocycles. The average molecular weight is 499 g/mol. The quantitative estimate of drug-likeness (QED) is 0.324. The number of fused-ring (bicyclic) bond motifs is 1. The number of hydrogen-bond donors (Lipinski definition) is 1. The van der Waals surface area contributed by atoms with Crippen LogP contribution in [0.15, 0.2) is 76.9 Å². The minimum atomic E-state index is -0.463. The molecule has 0 amide bonds. The lowest BCUT2D eigenvalue weighted by molar-refractivity contribution is 0.186. The van der Waals surface area contributed by atoms with Crippen molar-refractivity contribution in [1.29, 1.82) is 0 Å². The first-order chi connectivity index (χ1) is 17.3. The fraction of sp³-hybridized carbons (Fsp3) is 0.286. The van der Waals surface area contributed by atoms with E-state index >= 15 is 0 Å². The number of nitrogens with zero attached hydrogens (tertiary/aromatic N) is 5. The summed E-state index contributed by atoms with van der Waals surface area (Å²) in [5, 5.41) is 16.0. The summed E-state index contributed by atoms with van der Waals surface area (Å²) in [5.74, 6) is 0.646. The third-order valence-corrected chi connectivity index (χ3v) is 7.09. The molecule has 0 spiro atoms. The number of benzene rings is 2. The molecule has 0 aliphatic rings. The number of aryl methyl sites for hydroxylation is 1. The van der Waals surface area contributed by atoms with Gasteiger partial charge in [-0.1, -0.05) is 48.0 Å². The number of rotatable bonds is 7. The molecular weight excluding hydrogens is 468 g/mol. The second kappa shape index (κ2) is 9.79. The van der Waals surface area contributed by atoms with E-state index in [1.807, 2.05) is 41.1 Å². The van der Waals surface area contributed by atoms with E-state index < -0.39 is 6.04 Å². The maximum Gasteiger partial charge on any atom is 0.253 e. The first-order valence-corrected chi connectivity index (χ1v) is 12.9. The number of nitrogens with one attached hydrogen (secondary N) is 1. The molecular formula is C28H30N6OS. The van der Waals surface area contributed by atoms with Gasteiger partial charge in [0, 0.05) is 29.0 Å². The highest BCUT2D eigenvalue weighted by molar-refractivity contribution is 7.09. The fourth-order valence-electron chi connectivity index (χ4n) is 4.55. The summed E-state index contributed by atoms with van der Waals surface area (Å²) in [4.78, 5) is 20.2. The van der Waals surface area contributed by atoms with Gasteiger partial charge in [0.05, 0.1) is 5.54 Å². The van der Waals surface area contributed by atoms with E-state index in [-0.39, 0.29) is 11.1 Å². The molecule has 3 aromatic heterocycles. The zero-order valence-corrected chi connectivity index (χ0v) is 21.8. The van der Waals surface area contributed by atoms with Crippen LogP contribution >= 0.6 is 11.3 Å². The molecule has 184 valence electrons. The first-order valence-electron chi connectivity index (χ1n) is 12.0. The number of hydrogen-bond acceptors (Lipinski definition) is 6. The number of aromatic amines is 1. The molecule has 0 fully saturated rings. The highest BCUT2D eigenvalue weighted by Gasteiger charge is 2.33. The molecule has 1 N–H and O–H groups in total. The van der Waals surface area contributed by atoms with Gasteiger partial charge in [-0.3, -0.25) is 9.69 Å². The van der Waals surface area contributed by atoms with Crippen LogP contribution in [0.4, 0.5) is 0 Å². The van der Waals surface area contributed by atoms with Crippen molar-refractivity contribution in [3.63, 3.8) is 0 Å². The standard InChI is InChI=1S/C28H30N6OS/c1-19-12-13-24-21(15-19)16-23(27(35)29-24)25(26-30-31-32-34(26)28(2,3)4)33(18-22-11-8-14-36-22)17-20-9-6-5-7-10-20/h5-16,25H,17-18H2,1-4H3,(H,29,35). The number of aromatic nitrogens is 5. The monoisotopic (exact) mass is 498 g/mol. The molecule has 7 nitrogen and oxygen atoms in total. The Morgan fingerprint density at radius 1 is 1.03 bits per heavy atom. The smallest absolute Gasteiger partial charge is 0.253 e. The molecule has 5 aromatic rings. The lowest BCUT2D eigenvalue weighted by Gasteiger charge is -2.32. The Balaban J connectivity index is 1.73. The molecule has 5 rings (SSSR count). The van der Waals surface area contributed by atoms with E-state index in [9.17, 15) is 4.79 Å². The maximum absolute atomic E-state index is 13.6. The Labute approximate surface area is 214 Å². The summed E-state index contributed by atoms with van der Waals surface area (Å²) in [5.41, 5.74) is 3.23. The van der Waals surface area contributed by atoms with Crippen molar-refractivity contribution < 1.29 is 0 Å². The number of thiophene rings is 1. The molecule has 0 bridgehead atoms. The van der Waals surface area contributed by atoms with Gasteiger partial charge >= 0.3 is 0 Å². The molecule has 1 unspecified atom stereocenters. The van der Waals surface area contributed by atoms with Crippen LogP contribution in [0.1, 0.15) is 54.2 Å². The van der Waals surface area contributed by atoms with Crippen LogP contribution < -0.4 is 5.56 Å². The fourth-order valence-corrected chi connectivity index (χ4v) is 5.28. The minimum Gasteiger partial charge on any atom is -0.322 e. The largest absolute Gasteiger partial charge is 0.322 e. The zero-order valence-electron chi connectivity index (χ0n) is 21.0. The van der Waals surface area contributed by atoms with Gasteiger partial charge in [-0.2, -0.15) is 0 Å². The Hall–Kier alpha value is -3.62. The van der Waals surface area contributed by atoms with Crippen LogP contribution in [0, 0.1) is 6.92 Å². The van der Waals surface area contributed by atoms with E-state index in [2.05, 4.69) is 88.8 Å². The Bertz CT molecular complexity index is 1520. The molecule has 0 aliphatic carbocycles. The van der Waals surface area contributed by atoms with Crippen molar-refractivity contribution in [2.45, 2.75) is 52.4 Å². The summed E-state index contributed by atoms with van der Waals surface area (Å²) in [6.45, 7) is 9.54. The Kier molecular flexibility index (Phi) is 6.55. The number of pyridine rings is 1. The Morgan fingerprint density at radius 3 is 2.56 bits per heavy atom. The summed E-state index contributed by atoms with van der Waals surface area (Å²) in [6, 6.07) is 22.1. The van der Waals surface area contributed by atoms with Crippen molar-refractivity contribution >= 4 is 22.2 Å². The van der Waals surface area contributed by atoms with Gasteiger partial charge < -0.3 is 4.98 Å².